The molecule has 0 bridgehead atoms. The third-order valence-electron chi connectivity index (χ3n) is 4.75. The van der Waals surface area contributed by atoms with E-state index in [4.69, 9.17) is 11.6 Å². The molecular formula is C18H26Cl2N6O. The Kier molecular flexibility index (Phi) is 8.47. The van der Waals surface area contributed by atoms with Crippen molar-refractivity contribution in [2.24, 2.45) is 5.92 Å². The van der Waals surface area contributed by atoms with E-state index >= 15 is 0 Å². The second kappa shape index (κ2) is 10.6. The molecule has 0 aliphatic carbocycles. The van der Waals surface area contributed by atoms with Crippen LogP contribution in [-0.4, -0.2) is 45.7 Å². The molecule has 0 saturated carbocycles. The van der Waals surface area contributed by atoms with E-state index in [0.29, 0.717) is 29.7 Å². The van der Waals surface area contributed by atoms with Crippen LogP contribution >= 0.6 is 24.0 Å². The summed E-state index contributed by atoms with van der Waals surface area (Å²) in [6.45, 7) is 4.78. The predicted molar refractivity (Wildman–Crippen MR) is 108 cm³/mol. The maximum atomic E-state index is 12.5. The van der Waals surface area contributed by atoms with Crippen LogP contribution in [0.2, 0.25) is 5.02 Å². The van der Waals surface area contributed by atoms with Gasteiger partial charge in [-0.3, -0.25) is 4.79 Å². The van der Waals surface area contributed by atoms with Crippen LogP contribution in [0.15, 0.2) is 24.3 Å². The van der Waals surface area contributed by atoms with Crippen LogP contribution in [0.4, 0.5) is 0 Å². The lowest BCUT2D eigenvalue weighted by Gasteiger charge is -2.23. The molecule has 9 heteroatoms. The Morgan fingerprint density at radius 3 is 2.85 bits per heavy atom. The summed E-state index contributed by atoms with van der Waals surface area (Å²) in [5.41, 5.74) is 0.820. The maximum Gasteiger partial charge on any atom is 0.246 e. The van der Waals surface area contributed by atoms with E-state index in [0.717, 1.165) is 25.1 Å². The van der Waals surface area contributed by atoms with Crippen LogP contribution in [0, 0.1) is 5.92 Å². The number of nitrogens with zero attached hydrogens (tertiary/aromatic N) is 4. The molecule has 1 fully saturated rings. The van der Waals surface area contributed by atoms with Gasteiger partial charge >= 0.3 is 0 Å². The first-order valence-electron chi connectivity index (χ1n) is 9.21. The first-order chi connectivity index (χ1) is 12.7. The first-order valence-corrected chi connectivity index (χ1v) is 9.59. The number of tetrazole rings is 1. The minimum absolute atomic E-state index is 0. The van der Waals surface area contributed by atoms with Gasteiger partial charge in [0.05, 0.1) is 0 Å². The average molecular weight is 413 g/mol. The molecule has 1 aromatic heterocycles. The molecule has 7 nitrogen and oxygen atoms in total. The topological polar surface area (TPSA) is 84.7 Å². The second-order valence-electron chi connectivity index (χ2n) is 6.66. The molecule has 2 unspecified atom stereocenters. The lowest BCUT2D eigenvalue weighted by molar-refractivity contribution is -0.125. The van der Waals surface area contributed by atoms with E-state index < -0.39 is 6.04 Å². The van der Waals surface area contributed by atoms with Crippen molar-refractivity contribution >= 4 is 29.9 Å². The monoisotopic (exact) mass is 412 g/mol. The highest BCUT2D eigenvalue weighted by Gasteiger charge is 2.22. The van der Waals surface area contributed by atoms with Crippen molar-refractivity contribution in [1.82, 2.24) is 30.8 Å². The SMILES string of the molecule is CCC(C(=O)NCCC1CCCNC1)n1nnc(-c2ccc(Cl)cc2)n1.Cl. The second-order valence-corrected chi connectivity index (χ2v) is 7.09. The van der Waals surface area contributed by atoms with Crippen LogP contribution in [0.1, 0.15) is 38.6 Å². The minimum Gasteiger partial charge on any atom is -0.354 e. The van der Waals surface area contributed by atoms with Gasteiger partial charge in [-0.2, -0.15) is 4.80 Å². The molecule has 1 aromatic carbocycles. The number of rotatable bonds is 7. The third kappa shape index (κ3) is 5.89. The van der Waals surface area contributed by atoms with Gasteiger partial charge in [0.2, 0.25) is 11.7 Å². The van der Waals surface area contributed by atoms with Crippen molar-refractivity contribution in [3.8, 4) is 11.4 Å². The van der Waals surface area contributed by atoms with E-state index in [1.165, 1.54) is 17.6 Å². The lowest BCUT2D eigenvalue weighted by atomic mass is 9.96. The first kappa shape index (κ1) is 21.6. The van der Waals surface area contributed by atoms with Gasteiger partial charge in [-0.15, -0.1) is 22.6 Å². The number of aromatic nitrogens is 4. The smallest absolute Gasteiger partial charge is 0.246 e. The zero-order chi connectivity index (χ0) is 18.4. The summed E-state index contributed by atoms with van der Waals surface area (Å²) in [5.74, 6) is 1.07. The van der Waals surface area contributed by atoms with Gasteiger partial charge in [0, 0.05) is 17.1 Å². The number of carbonyl (C=O) groups excluding carboxylic acids is 1. The van der Waals surface area contributed by atoms with Crippen molar-refractivity contribution in [2.45, 2.75) is 38.6 Å². The minimum atomic E-state index is -0.451. The number of nitrogens with one attached hydrogen (secondary N) is 2. The van der Waals surface area contributed by atoms with Crippen LogP contribution < -0.4 is 10.6 Å². The van der Waals surface area contributed by atoms with Crippen molar-refractivity contribution in [1.29, 1.82) is 0 Å². The van der Waals surface area contributed by atoms with Gasteiger partial charge in [-0.1, -0.05) is 18.5 Å². The van der Waals surface area contributed by atoms with Crippen molar-refractivity contribution in [3.05, 3.63) is 29.3 Å². The summed E-state index contributed by atoms with van der Waals surface area (Å²) in [7, 11) is 0. The zero-order valence-electron chi connectivity index (χ0n) is 15.4. The van der Waals surface area contributed by atoms with Crippen molar-refractivity contribution in [2.75, 3.05) is 19.6 Å². The highest BCUT2D eigenvalue weighted by atomic mass is 35.5. The van der Waals surface area contributed by atoms with Gasteiger partial charge < -0.3 is 10.6 Å². The summed E-state index contributed by atoms with van der Waals surface area (Å²) in [6, 6.07) is 6.78. The molecule has 2 heterocycles. The summed E-state index contributed by atoms with van der Waals surface area (Å²) in [5, 5.41) is 19.6. The Morgan fingerprint density at radius 2 is 2.19 bits per heavy atom. The predicted octanol–water partition coefficient (Wildman–Crippen LogP) is 2.87. The van der Waals surface area contributed by atoms with E-state index in [2.05, 4.69) is 26.0 Å². The standard InChI is InChI=1S/C18H25ClN6O.ClH/c1-2-16(18(26)21-11-9-13-4-3-10-20-12-13)25-23-17(22-24-25)14-5-7-15(19)8-6-14;/h5-8,13,16,20H,2-4,9-12H2,1H3,(H,21,26);1H. The summed E-state index contributed by atoms with van der Waals surface area (Å²) < 4.78 is 0. The van der Waals surface area contributed by atoms with E-state index in [1.54, 1.807) is 12.1 Å². The van der Waals surface area contributed by atoms with Gasteiger partial charge in [0.25, 0.3) is 0 Å². The number of benzene rings is 1. The fourth-order valence-electron chi connectivity index (χ4n) is 3.21. The Labute approximate surface area is 170 Å². The Bertz CT molecular complexity index is 715. The molecule has 1 saturated heterocycles. The fraction of sp³-hybridized carbons (Fsp3) is 0.556. The highest BCUT2D eigenvalue weighted by molar-refractivity contribution is 6.30. The molecule has 2 atom stereocenters. The number of amides is 1. The summed E-state index contributed by atoms with van der Waals surface area (Å²) >= 11 is 5.90. The molecule has 2 aromatic rings. The van der Waals surface area contributed by atoms with E-state index in [1.807, 2.05) is 19.1 Å². The molecule has 0 spiro atoms. The fourth-order valence-corrected chi connectivity index (χ4v) is 3.34. The van der Waals surface area contributed by atoms with Gasteiger partial charge in [-0.05, 0) is 74.2 Å². The normalized spacial score (nSPS) is 17.8. The van der Waals surface area contributed by atoms with Crippen LogP contribution in [0.25, 0.3) is 11.4 Å². The Hall–Kier alpha value is -1.70. The quantitative estimate of drug-likeness (QED) is 0.729. The van der Waals surface area contributed by atoms with E-state index in [9.17, 15) is 4.79 Å². The summed E-state index contributed by atoms with van der Waals surface area (Å²) in [4.78, 5) is 13.9. The molecule has 27 heavy (non-hydrogen) atoms. The molecule has 148 valence electrons. The number of halogens is 2. The molecule has 3 rings (SSSR count). The number of piperidine rings is 1. The number of hydrogen-bond acceptors (Lipinski definition) is 5. The van der Waals surface area contributed by atoms with Gasteiger partial charge in [0.15, 0.2) is 6.04 Å². The average Bonchev–Trinajstić information content (AvgIpc) is 3.13. The van der Waals surface area contributed by atoms with Crippen LogP contribution in [0.5, 0.6) is 0 Å². The molecule has 1 aliphatic heterocycles. The van der Waals surface area contributed by atoms with Crippen LogP contribution in [0.3, 0.4) is 0 Å². The lowest BCUT2D eigenvalue weighted by Crippen LogP contribution is -2.36. The molecular weight excluding hydrogens is 387 g/mol. The molecule has 1 amide bonds. The largest absolute Gasteiger partial charge is 0.354 e. The highest BCUT2D eigenvalue weighted by Crippen LogP contribution is 2.18. The van der Waals surface area contributed by atoms with Gasteiger partial charge in [-0.25, -0.2) is 0 Å². The summed E-state index contributed by atoms with van der Waals surface area (Å²) in [6.07, 6.45) is 4.05. The number of carbonyl (C=O) groups is 1. The Morgan fingerprint density at radius 1 is 1.41 bits per heavy atom. The van der Waals surface area contributed by atoms with E-state index in [-0.39, 0.29) is 18.3 Å². The number of hydrogen-bond donors (Lipinski definition) is 2. The molecule has 1 aliphatic rings. The molecule has 0 radical (unpaired) electrons. The molecule has 2 N–H and O–H groups in total. The van der Waals surface area contributed by atoms with Gasteiger partial charge in [0.1, 0.15) is 0 Å². The van der Waals surface area contributed by atoms with Crippen molar-refractivity contribution < 1.29 is 4.79 Å². The van der Waals surface area contributed by atoms with Crippen LogP contribution in [-0.2, 0) is 4.79 Å². The third-order valence-corrected chi connectivity index (χ3v) is 5.00. The Balaban J connectivity index is 0.00000261. The van der Waals surface area contributed by atoms with Crippen molar-refractivity contribution in [3.63, 3.8) is 0 Å². The zero-order valence-corrected chi connectivity index (χ0v) is 17.0. The maximum absolute atomic E-state index is 12.5.